The van der Waals surface area contributed by atoms with Crippen molar-refractivity contribution in [2.24, 2.45) is 0 Å². The molecule has 1 fully saturated rings. The average molecular weight is 247 g/mol. The van der Waals surface area contributed by atoms with Crippen LogP contribution in [0.15, 0.2) is 24.3 Å². The Morgan fingerprint density at radius 1 is 1.33 bits per heavy atom. The fourth-order valence-corrected chi connectivity index (χ4v) is 2.35. The summed E-state index contributed by atoms with van der Waals surface area (Å²) in [5.74, 6) is 0.104. The Labute approximate surface area is 108 Å². The first-order valence-corrected chi connectivity index (χ1v) is 6.71. The summed E-state index contributed by atoms with van der Waals surface area (Å²) in [6, 6.07) is 8.43. The Morgan fingerprint density at radius 2 is 2.00 bits per heavy atom. The smallest absolute Gasteiger partial charge is 0.159 e. The highest BCUT2D eigenvalue weighted by Crippen LogP contribution is 2.29. The minimum atomic E-state index is 0.104. The predicted octanol–water partition coefficient (Wildman–Crippen LogP) is 2.63. The molecule has 0 amide bonds. The summed E-state index contributed by atoms with van der Waals surface area (Å²) in [4.78, 5) is 13.6. The monoisotopic (exact) mass is 247 g/mol. The first-order valence-electron chi connectivity index (χ1n) is 6.71. The second kappa shape index (κ2) is 6.01. The summed E-state index contributed by atoms with van der Waals surface area (Å²) < 4.78 is 0. The molecule has 98 valence electrons. The fraction of sp³-hybridized carbons (Fsp3) is 0.533. The van der Waals surface area contributed by atoms with Gasteiger partial charge in [-0.3, -0.25) is 4.79 Å². The molecular weight excluding hydrogens is 226 g/mol. The molecule has 1 aromatic rings. The molecule has 0 radical (unpaired) electrons. The van der Waals surface area contributed by atoms with E-state index < -0.39 is 0 Å². The van der Waals surface area contributed by atoms with E-state index in [-0.39, 0.29) is 12.4 Å². The molecule has 0 heterocycles. The molecule has 3 heteroatoms. The number of carbonyl (C=O) groups excluding carboxylic acids is 1. The van der Waals surface area contributed by atoms with Gasteiger partial charge in [0, 0.05) is 30.4 Å². The fourth-order valence-electron chi connectivity index (χ4n) is 2.35. The lowest BCUT2D eigenvalue weighted by atomic mass is 9.90. The maximum atomic E-state index is 11.3. The molecule has 0 unspecified atom stereocenters. The van der Waals surface area contributed by atoms with Gasteiger partial charge in [-0.15, -0.1) is 0 Å². The number of Topliss-reactive ketones (excluding diaryl/α,β-unsaturated/α-hetero) is 1. The van der Waals surface area contributed by atoms with Crippen molar-refractivity contribution in [3.8, 4) is 0 Å². The van der Waals surface area contributed by atoms with Crippen molar-refractivity contribution in [1.29, 1.82) is 0 Å². The van der Waals surface area contributed by atoms with E-state index in [1.54, 1.807) is 6.92 Å². The number of nitrogens with zero attached hydrogens (tertiary/aromatic N) is 1. The van der Waals surface area contributed by atoms with Crippen LogP contribution in [0, 0.1) is 0 Å². The van der Waals surface area contributed by atoms with Gasteiger partial charge < -0.3 is 10.0 Å². The quantitative estimate of drug-likeness (QED) is 0.786. The van der Waals surface area contributed by atoms with E-state index in [4.69, 9.17) is 5.11 Å². The van der Waals surface area contributed by atoms with Crippen molar-refractivity contribution in [3.63, 3.8) is 0 Å². The molecule has 1 aliphatic rings. The zero-order valence-electron chi connectivity index (χ0n) is 10.9. The zero-order chi connectivity index (χ0) is 13.0. The molecule has 1 N–H and O–H groups in total. The number of benzene rings is 1. The van der Waals surface area contributed by atoms with Gasteiger partial charge in [0.15, 0.2) is 5.78 Å². The molecule has 1 aliphatic carbocycles. The van der Waals surface area contributed by atoms with Crippen molar-refractivity contribution in [3.05, 3.63) is 29.8 Å². The summed E-state index contributed by atoms with van der Waals surface area (Å²) in [5, 5.41) is 8.98. The number of hydrogen-bond acceptors (Lipinski definition) is 3. The first kappa shape index (κ1) is 13.1. The van der Waals surface area contributed by atoms with Gasteiger partial charge in [-0.05, 0) is 56.9 Å². The highest BCUT2D eigenvalue weighted by Gasteiger charge is 2.24. The van der Waals surface area contributed by atoms with Crippen molar-refractivity contribution in [2.45, 2.75) is 38.6 Å². The maximum Gasteiger partial charge on any atom is 0.159 e. The third kappa shape index (κ3) is 2.91. The molecule has 0 saturated heterocycles. The third-order valence-electron chi connectivity index (χ3n) is 3.68. The normalized spacial score (nSPS) is 15.2. The van der Waals surface area contributed by atoms with Gasteiger partial charge in [-0.1, -0.05) is 0 Å². The number of ketones is 1. The Hall–Kier alpha value is -1.35. The standard InChI is InChI=1S/C15H21NO2/c1-12(18)13-6-8-15(9-7-13)16(10-3-11-17)14-4-2-5-14/h6-9,14,17H,2-5,10-11H2,1H3. The molecule has 2 rings (SSSR count). The number of aliphatic hydroxyl groups excluding tert-OH is 1. The third-order valence-corrected chi connectivity index (χ3v) is 3.68. The molecular formula is C15H21NO2. The molecule has 0 spiro atoms. The van der Waals surface area contributed by atoms with E-state index in [1.807, 2.05) is 24.3 Å². The molecule has 0 aromatic heterocycles. The van der Waals surface area contributed by atoms with Gasteiger partial charge in [0.1, 0.15) is 0 Å². The van der Waals surface area contributed by atoms with Crippen LogP contribution in [0.2, 0.25) is 0 Å². The zero-order valence-corrected chi connectivity index (χ0v) is 10.9. The van der Waals surface area contributed by atoms with Gasteiger partial charge in [0.2, 0.25) is 0 Å². The van der Waals surface area contributed by atoms with Gasteiger partial charge in [-0.25, -0.2) is 0 Å². The lowest BCUT2D eigenvalue weighted by molar-refractivity contribution is 0.101. The Kier molecular flexibility index (Phi) is 4.37. The van der Waals surface area contributed by atoms with E-state index >= 15 is 0 Å². The topological polar surface area (TPSA) is 40.5 Å². The van der Waals surface area contributed by atoms with Crippen molar-refractivity contribution < 1.29 is 9.90 Å². The molecule has 3 nitrogen and oxygen atoms in total. The average Bonchev–Trinajstić information content (AvgIpc) is 2.32. The predicted molar refractivity (Wildman–Crippen MR) is 73.1 cm³/mol. The van der Waals surface area contributed by atoms with Gasteiger partial charge in [0.25, 0.3) is 0 Å². The van der Waals surface area contributed by atoms with Crippen molar-refractivity contribution in [1.82, 2.24) is 0 Å². The van der Waals surface area contributed by atoms with Crippen LogP contribution >= 0.6 is 0 Å². The van der Waals surface area contributed by atoms with Crippen molar-refractivity contribution >= 4 is 11.5 Å². The lowest BCUT2D eigenvalue weighted by Crippen LogP contribution is -2.41. The molecule has 0 atom stereocenters. The number of carbonyl (C=O) groups is 1. The van der Waals surface area contributed by atoms with Gasteiger partial charge in [0.05, 0.1) is 0 Å². The van der Waals surface area contributed by atoms with Crippen LogP contribution in [-0.4, -0.2) is 30.1 Å². The molecule has 1 saturated carbocycles. The first-order chi connectivity index (χ1) is 8.72. The van der Waals surface area contributed by atoms with E-state index in [1.165, 1.54) is 19.3 Å². The highest BCUT2D eigenvalue weighted by molar-refractivity contribution is 5.94. The van der Waals surface area contributed by atoms with Crippen LogP contribution in [0.25, 0.3) is 0 Å². The van der Waals surface area contributed by atoms with Crippen LogP contribution in [0.3, 0.4) is 0 Å². The Morgan fingerprint density at radius 3 is 2.44 bits per heavy atom. The summed E-state index contributed by atoms with van der Waals surface area (Å²) in [6.07, 6.45) is 4.57. The highest BCUT2D eigenvalue weighted by atomic mass is 16.3. The van der Waals surface area contributed by atoms with Crippen molar-refractivity contribution in [2.75, 3.05) is 18.1 Å². The largest absolute Gasteiger partial charge is 0.396 e. The minimum absolute atomic E-state index is 0.104. The minimum Gasteiger partial charge on any atom is -0.396 e. The second-order valence-corrected chi connectivity index (χ2v) is 4.96. The van der Waals surface area contributed by atoms with Crippen LogP contribution in [0.1, 0.15) is 43.0 Å². The number of aliphatic hydroxyl groups is 1. The second-order valence-electron chi connectivity index (χ2n) is 4.96. The molecule has 0 aliphatic heterocycles. The summed E-state index contributed by atoms with van der Waals surface area (Å²) in [5.41, 5.74) is 1.92. The molecule has 18 heavy (non-hydrogen) atoms. The lowest BCUT2D eigenvalue weighted by Gasteiger charge is -2.39. The summed E-state index contributed by atoms with van der Waals surface area (Å²) >= 11 is 0. The Balaban J connectivity index is 2.11. The number of hydrogen-bond donors (Lipinski definition) is 1. The number of anilines is 1. The van der Waals surface area contributed by atoms with E-state index in [9.17, 15) is 4.79 Å². The van der Waals surface area contributed by atoms with E-state index in [0.717, 1.165) is 24.2 Å². The molecule has 0 bridgehead atoms. The van der Waals surface area contributed by atoms with E-state index in [0.29, 0.717) is 6.04 Å². The van der Waals surface area contributed by atoms with E-state index in [2.05, 4.69) is 4.90 Å². The van der Waals surface area contributed by atoms with Gasteiger partial charge >= 0.3 is 0 Å². The van der Waals surface area contributed by atoms with Gasteiger partial charge in [-0.2, -0.15) is 0 Å². The molecule has 1 aromatic carbocycles. The summed E-state index contributed by atoms with van der Waals surface area (Å²) in [6.45, 7) is 2.71. The Bertz CT molecular complexity index is 395. The number of rotatable bonds is 6. The van der Waals surface area contributed by atoms with Crippen LogP contribution in [0.5, 0.6) is 0 Å². The SMILES string of the molecule is CC(=O)c1ccc(N(CCCO)C2CCC2)cc1. The maximum absolute atomic E-state index is 11.3. The van der Waals surface area contributed by atoms with Crippen LogP contribution in [0.4, 0.5) is 5.69 Å². The van der Waals surface area contributed by atoms with Crippen LogP contribution in [-0.2, 0) is 0 Å². The van der Waals surface area contributed by atoms with Crippen LogP contribution < -0.4 is 4.90 Å². The summed E-state index contributed by atoms with van der Waals surface area (Å²) in [7, 11) is 0.